The fourth-order valence-corrected chi connectivity index (χ4v) is 3.64. The van der Waals surface area contributed by atoms with Gasteiger partial charge in [-0.3, -0.25) is 0 Å². The van der Waals surface area contributed by atoms with Gasteiger partial charge in [0.2, 0.25) is 0 Å². The van der Waals surface area contributed by atoms with E-state index in [9.17, 15) is 0 Å². The summed E-state index contributed by atoms with van der Waals surface area (Å²) < 4.78 is 1.20. The SMILES string of the molecule is CC1(C)CCC(C)(C)c2cc(CCCO)c(Br)cc21. The molecule has 0 heterocycles. The van der Waals surface area contributed by atoms with Gasteiger partial charge in [-0.15, -0.1) is 0 Å². The van der Waals surface area contributed by atoms with E-state index >= 15 is 0 Å². The van der Waals surface area contributed by atoms with E-state index in [1.165, 1.54) is 34.0 Å². The maximum Gasteiger partial charge on any atom is 0.0434 e. The highest BCUT2D eigenvalue weighted by Crippen LogP contribution is 2.47. The van der Waals surface area contributed by atoms with Crippen LogP contribution in [0.2, 0.25) is 0 Å². The minimum Gasteiger partial charge on any atom is -0.396 e. The van der Waals surface area contributed by atoms with Crippen molar-refractivity contribution in [2.45, 2.75) is 64.2 Å². The highest BCUT2D eigenvalue weighted by Gasteiger charge is 2.37. The lowest BCUT2D eigenvalue weighted by Crippen LogP contribution is -2.34. The first-order valence-corrected chi connectivity index (χ1v) is 8.01. The summed E-state index contributed by atoms with van der Waals surface area (Å²) in [6.07, 6.45) is 4.27. The average Bonchev–Trinajstić information content (AvgIpc) is 2.33. The zero-order valence-electron chi connectivity index (χ0n) is 12.5. The number of aryl methyl sites for hydroxylation is 1. The number of halogens is 1. The standard InChI is InChI=1S/C17H25BrO/c1-16(2)7-8-17(3,4)14-11-15(18)12(6-5-9-19)10-13(14)16/h10-11,19H,5-9H2,1-4H3. The molecule has 0 radical (unpaired) electrons. The second-order valence-electron chi connectivity index (χ2n) is 7.08. The maximum atomic E-state index is 9.03. The van der Waals surface area contributed by atoms with Gasteiger partial charge in [-0.2, -0.15) is 0 Å². The van der Waals surface area contributed by atoms with E-state index < -0.39 is 0 Å². The molecule has 0 fully saturated rings. The van der Waals surface area contributed by atoms with Crippen LogP contribution in [0.1, 0.15) is 63.6 Å². The van der Waals surface area contributed by atoms with Gasteiger partial charge >= 0.3 is 0 Å². The van der Waals surface area contributed by atoms with Crippen LogP contribution in [-0.4, -0.2) is 11.7 Å². The van der Waals surface area contributed by atoms with Crippen LogP contribution >= 0.6 is 15.9 Å². The lowest BCUT2D eigenvalue weighted by Gasteiger charge is -2.42. The van der Waals surface area contributed by atoms with Gasteiger partial charge in [0, 0.05) is 11.1 Å². The Bertz CT molecular complexity index is 474. The number of hydrogen-bond donors (Lipinski definition) is 1. The summed E-state index contributed by atoms with van der Waals surface area (Å²) >= 11 is 3.71. The molecule has 1 aliphatic rings. The normalized spacial score (nSPS) is 20.1. The quantitative estimate of drug-likeness (QED) is 0.852. The number of fused-ring (bicyclic) bond motifs is 1. The summed E-state index contributed by atoms with van der Waals surface area (Å²) in [6.45, 7) is 9.66. The first-order valence-electron chi connectivity index (χ1n) is 7.22. The van der Waals surface area contributed by atoms with Gasteiger partial charge in [-0.25, -0.2) is 0 Å². The third-order valence-corrected chi connectivity index (χ3v) is 5.36. The molecule has 0 saturated carbocycles. The molecule has 0 aliphatic heterocycles. The van der Waals surface area contributed by atoms with Crippen molar-refractivity contribution < 1.29 is 5.11 Å². The smallest absolute Gasteiger partial charge is 0.0434 e. The Balaban J connectivity index is 2.52. The Labute approximate surface area is 125 Å². The van der Waals surface area contributed by atoms with E-state index in [2.05, 4.69) is 55.8 Å². The predicted molar refractivity (Wildman–Crippen MR) is 84.8 cm³/mol. The number of hydrogen-bond acceptors (Lipinski definition) is 1. The van der Waals surface area contributed by atoms with Crippen LogP contribution < -0.4 is 0 Å². The largest absolute Gasteiger partial charge is 0.396 e. The summed E-state index contributed by atoms with van der Waals surface area (Å²) in [6, 6.07) is 4.69. The minimum atomic E-state index is 0.262. The molecular formula is C17H25BrO. The van der Waals surface area contributed by atoms with Crippen molar-refractivity contribution in [1.82, 2.24) is 0 Å². The molecule has 0 aromatic heterocycles. The number of aliphatic hydroxyl groups is 1. The lowest BCUT2D eigenvalue weighted by atomic mass is 9.63. The number of rotatable bonds is 3. The van der Waals surface area contributed by atoms with Crippen molar-refractivity contribution in [1.29, 1.82) is 0 Å². The molecule has 0 spiro atoms. The molecule has 0 unspecified atom stereocenters. The molecule has 1 aromatic carbocycles. The van der Waals surface area contributed by atoms with Gasteiger partial charge < -0.3 is 5.11 Å². The molecule has 0 amide bonds. The molecular weight excluding hydrogens is 300 g/mol. The van der Waals surface area contributed by atoms with Crippen molar-refractivity contribution in [3.63, 3.8) is 0 Å². The highest BCUT2D eigenvalue weighted by atomic mass is 79.9. The fourth-order valence-electron chi connectivity index (χ4n) is 3.09. The molecule has 19 heavy (non-hydrogen) atoms. The van der Waals surface area contributed by atoms with E-state index in [0.29, 0.717) is 0 Å². The summed E-state index contributed by atoms with van der Waals surface area (Å²) in [7, 11) is 0. The number of aliphatic hydroxyl groups excluding tert-OH is 1. The summed E-state index contributed by atoms with van der Waals surface area (Å²) in [4.78, 5) is 0. The first-order chi connectivity index (χ1) is 8.78. The van der Waals surface area contributed by atoms with Crippen molar-refractivity contribution in [2.75, 3.05) is 6.61 Å². The Hall–Kier alpha value is -0.340. The zero-order chi connectivity index (χ0) is 14.3. The van der Waals surface area contributed by atoms with E-state index in [0.717, 1.165) is 12.8 Å². The summed E-state index contributed by atoms with van der Waals surface area (Å²) in [5.74, 6) is 0. The van der Waals surface area contributed by atoms with E-state index in [-0.39, 0.29) is 17.4 Å². The zero-order valence-corrected chi connectivity index (χ0v) is 14.1. The average molecular weight is 325 g/mol. The molecule has 1 N–H and O–H groups in total. The summed E-state index contributed by atoms with van der Waals surface area (Å²) in [5, 5.41) is 9.03. The third kappa shape index (κ3) is 2.90. The second kappa shape index (κ2) is 5.21. The Morgan fingerprint density at radius 3 is 2.11 bits per heavy atom. The monoisotopic (exact) mass is 324 g/mol. The first kappa shape index (κ1) is 15.1. The van der Waals surface area contributed by atoms with Crippen LogP contribution in [0.15, 0.2) is 16.6 Å². The van der Waals surface area contributed by atoms with Crippen LogP contribution in [0.3, 0.4) is 0 Å². The van der Waals surface area contributed by atoms with Crippen molar-refractivity contribution in [3.05, 3.63) is 33.3 Å². The van der Waals surface area contributed by atoms with Crippen LogP contribution in [-0.2, 0) is 17.3 Å². The molecule has 0 bridgehead atoms. The van der Waals surface area contributed by atoms with Crippen molar-refractivity contribution >= 4 is 15.9 Å². The molecule has 2 heteroatoms. The lowest BCUT2D eigenvalue weighted by molar-refractivity contribution is 0.288. The van der Waals surface area contributed by atoms with E-state index in [1.807, 2.05) is 0 Å². The van der Waals surface area contributed by atoms with Gasteiger partial charge in [0.05, 0.1) is 0 Å². The predicted octanol–water partition coefficient (Wildman–Crippen LogP) is 4.72. The number of benzene rings is 1. The van der Waals surface area contributed by atoms with Gasteiger partial charge in [0.1, 0.15) is 0 Å². The van der Waals surface area contributed by atoms with Crippen LogP contribution in [0.25, 0.3) is 0 Å². The molecule has 1 aromatic rings. The van der Waals surface area contributed by atoms with Crippen molar-refractivity contribution in [3.8, 4) is 0 Å². The third-order valence-electron chi connectivity index (χ3n) is 4.62. The topological polar surface area (TPSA) is 20.2 Å². The fraction of sp³-hybridized carbons (Fsp3) is 0.647. The maximum absolute atomic E-state index is 9.03. The second-order valence-corrected chi connectivity index (χ2v) is 7.94. The molecule has 1 nitrogen and oxygen atoms in total. The molecule has 0 saturated heterocycles. The molecule has 106 valence electrons. The van der Waals surface area contributed by atoms with Crippen LogP contribution in [0.4, 0.5) is 0 Å². The van der Waals surface area contributed by atoms with Gasteiger partial charge in [-0.05, 0) is 59.3 Å². The van der Waals surface area contributed by atoms with Gasteiger partial charge in [0.25, 0.3) is 0 Å². The van der Waals surface area contributed by atoms with Gasteiger partial charge in [0.15, 0.2) is 0 Å². The van der Waals surface area contributed by atoms with E-state index in [1.54, 1.807) is 0 Å². The van der Waals surface area contributed by atoms with Gasteiger partial charge in [-0.1, -0.05) is 49.7 Å². The Morgan fingerprint density at radius 2 is 1.58 bits per heavy atom. The molecule has 1 aliphatic carbocycles. The minimum absolute atomic E-state index is 0.262. The highest BCUT2D eigenvalue weighted by molar-refractivity contribution is 9.10. The molecule has 2 rings (SSSR count). The van der Waals surface area contributed by atoms with Crippen molar-refractivity contribution in [2.24, 2.45) is 0 Å². The van der Waals surface area contributed by atoms with Crippen LogP contribution in [0.5, 0.6) is 0 Å². The van der Waals surface area contributed by atoms with Crippen LogP contribution in [0, 0.1) is 0 Å². The van der Waals surface area contributed by atoms with E-state index in [4.69, 9.17) is 5.11 Å². The molecule has 0 atom stereocenters. The Kier molecular flexibility index (Phi) is 4.13. The Morgan fingerprint density at radius 1 is 1.05 bits per heavy atom. The summed E-state index contributed by atoms with van der Waals surface area (Å²) in [5.41, 5.74) is 4.85.